The highest BCUT2D eigenvalue weighted by atomic mass is 32.1. The van der Waals surface area contributed by atoms with E-state index < -0.39 is 0 Å². The van der Waals surface area contributed by atoms with Crippen LogP contribution >= 0.6 is 11.3 Å². The van der Waals surface area contributed by atoms with Crippen molar-refractivity contribution in [1.82, 2.24) is 24.7 Å². The molecule has 8 heteroatoms. The van der Waals surface area contributed by atoms with E-state index >= 15 is 0 Å². The van der Waals surface area contributed by atoms with Gasteiger partial charge in [0.25, 0.3) is 0 Å². The van der Waals surface area contributed by atoms with Gasteiger partial charge in [-0.05, 0) is 24.8 Å². The van der Waals surface area contributed by atoms with Crippen molar-refractivity contribution in [3.8, 4) is 0 Å². The first-order chi connectivity index (χ1) is 11.3. The van der Waals surface area contributed by atoms with Gasteiger partial charge in [0.1, 0.15) is 24.6 Å². The molecule has 0 aliphatic carbocycles. The molecule has 120 valence electrons. The molecule has 0 aromatic carbocycles. The summed E-state index contributed by atoms with van der Waals surface area (Å²) in [7, 11) is 0. The molecule has 1 fully saturated rings. The van der Waals surface area contributed by atoms with E-state index in [1.54, 1.807) is 24.0 Å². The molecule has 3 aromatic heterocycles. The minimum atomic E-state index is -0.0859. The predicted octanol–water partition coefficient (Wildman–Crippen LogP) is 2.19. The smallest absolute Gasteiger partial charge is 0.163 e. The van der Waals surface area contributed by atoms with Crippen LogP contribution in [0.25, 0.3) is 10.2 Å². The number of rotatable bonds is 3. The highest BCUT2D eigenvalue weighted by Crippen LogP contribution is 2.33. The van der Waals surface area contributed by atoms with Gasteiger partial charge in [-0.2, -0.15) is 0 Å². The summed E-state index contributed by atoms with van der Waals surface area (Å²) in [5.74, 6) is 1.87. The van der Waals surface area contributed by atoms with Crippen LogP contribution in [0, 0.1) is 6.92 Å². The SMILES string of the molecule is CCn1cnnc1[C@H]1CN(c2ncnc3c(C)csc23)CCO1. The average Bonchev–Trinajstić information content (AvgIpc) is 3.22. The molecule has 23 heavy (non-hydrogen) atoms. The quantitative estimate of drug-likeness (QED) is 0.733. The highest BCUT2D eigenvalue weighted by molar-refractivity contribution is 7.18. The van der Waals surface area contributed by atoms with E-state index in [2.05, 4.69) is 44.3 Å². The summed E-state index contributed by atoms with van der Waals surface area (Å²) in [4.78, 5) is 11.2. The molecule has 1 aliphatic heterocycles. The zero-order valence-electron chi connectivity index (χ0n) is 13.1. The topological polar surface area (TPSA) is 69.0 Å². The fourth-order valence-corrected chi connectivity index (χ4v) is 3.96. The largest absolute Gasteiger partial charge is 0.366 e. The van der Waals surface area contributed by atoms with Gasteiger partial charge in [0.15, 0.2) is 5.82 Å². The second kappa shape index (κ2) is 5.86. The number of thiophene rings is 1. The molecular weight excluding hydrogens is 312 g/mol. The van der Waals surface area contributed by atoms with Crippen LogP contribution in [0.2, 0.25) is 0 Å². The summed E-state index contributed by atoms with van der Waals surface area (Å²) >= 11 is 1.70. The molecule has 3 aromatic rings. The van der Waals surface area contributed by atoms with Crippen molar-refractivity contribution in [2.24, 2.45) is 0 Å². The number of aromatic nitrogens is 5. The molecule has 0 saturated carbocycles. The molecule has 1 aliphatic rings. The number of morpholine rings is 1. The van der Waals surface area contributed by atoms with Crippen molar-refractivity contribution in [2.75, 3.05) is 24.6 Å². The summed E-state index contributed by atoms with van der Waals surface area (Å²) in [5.41, 5.74) is 2.24. The highest BCUT2D eigenvalue weighted by Gasteiger charge is 2.28. The van der Waals surface area contributed by atoms with Crippen LogP contribution in [0.15, 0.2) is 18.0 Å². The van der Waals surface area contributed by atoms with Gasteiger partial charge in [0.05, 0.1) is 23.4 Å². The summed E-state index contributed by atoms with van der Waals surface area (Å²) < 4.78 is 9.10. The van der Waals surface area contributed by atoms with Gasteiger partial charge in [-0.1, -0.05) is 0 Å². The van der Waals surface area contributed by atoms with Gasteiger partial charge in [0, 0.05) is 13.1 Å². The van der Waals surface area contributed by atoms with Crippen molar-refractivity contribution in [3.63, 3.8) is 0 Å². The third-order valence-corrected chi connectivity index (χ3v) is 5.24. The molecule has 0 N–H and O–H groups in total. The van der Waals surface area contributed by atoms with Crippen LogP contribution in [0.1, 0.15) is 24.4 Å². The van der Waals surface area contributed by atoms with Crippen LogP contribution in [-0.2, 0) is 11.3 Å². The van der Waals surface area contributed by atoms with Crippen LogP contribution < -0.4 is 4.90 Å². The van der Waals surface area contributed by atoms with Crippen molar-refractivity contribution in [2.45, 2.75) is 26.5 Å². The normalized spacial score (nSPS) is 18.7. The summed E-state index contributed by atoms with van der Waals surface area (Å²) in [6, 6.07) is 0. The molecule has 4 rings (SSSR count). The monoisotopic (exact) mass is 330 g/mol. The molecular formula is C15H18N6OS. The Bertz CT molecular complexity index is 828. The number of hydrogen-bond acceptors (Lipinski definition) is 7. The van der Waals surface area contributed by atoms with Gasteiger partial charge < -0.3 is 14.2 Å². The molecule has 0 radical (unpaired) electrons. The Labute approximate surface area is 137 Å². The maximum atomic E-state index is 5.93. The van der Waals surface area contributed by atoms with Gasteiger partial charge in [-0.3, -0.25) is 0 Å². The second-order valence-electron chi connectivity index (χ2n) is 5.57. The lowest BCUT2D eigenvalue weighted by Gasteiger charge is -2.33. The Balaban J connectivity index is 1.66. The fourth-order valence-electron chi connectivity index (χ4n) is 2.94. The number of aryl methyl sites for hydroxylation is 2. The maximum absolute atomic E-state index is 5.93. The van der Waals surface area contributed by atoms with Gasteiger partial charge in [-0.25, -0.2) is 9.97 Å². The number of hydrogen-bond donors (Lipinski definition) is 0. The van der Waals surface area contributed by atoms with Gasteiger partial charge in [0.2, 0.25) is 0 Å². The predicted molar refractivity (Wildman–Crippen MR) is 88.8 cm³/mol. The standard InChI is InChI=1S/C15H18N6OS/c1-3-20-9-18-19-14(20)11-6-21(4-5-22-11)15-13-12(16-8-17-15)10(2)7-23-13/h7-9,11H,3-6H2,1-2H3/t11-/m1/s1. The number of nitrogens with zero attached hydrogens (tertiary/aromatic N) is 6. The summed E-state index contributed by atoms with van der Waals surface area (Å²) in [5, 5.41) is 10.4. The van der Waals surface area contributed by atoms with Crippen LogP contribution in [-0.4, -0.2) is 44.4 Å². The maximum Gasteiger partial charge on any atom is 0.163 e. The number of anilines is 1. The first-order valence-electron chi connectivity index (χ1n) is 7.71. The first kappa shape index (κ1) is 14.5. The third kappa shape index (κ3) is 2.47. The fraction of sp³-hybridized carbons (Fsp3) is 0.467. The Kier molecular flexibility index (Phi) is 3.70. The van der Waals surface area contributed by atoms with Crippen molar-refractivity contribution < 1.29 is 4.74 Å². The molecule has 4 heterocycles. The molecule has 0 unspecified atom stereocenters. The summed E-state index contributed by atoms with van der Waals surface area (Å²) in [6.45, 7) is 7.19. The lowest BCUT2D eigenvalue weighted by atomic mass is 10.2. The van der Waals surface area contributed by atoms with E-state index in [0.29, 0.717) is 6.61 Å². The Morgan fingerprint density at radius 3 is 3.17 bits per heavy atom. The lowest BCUT2D eigenvalue weighted by Crippen LogP contribution is -2.39. The Morgan fingerprint density at radius 1 is 1.39 bits per heavy atom. The number of fused-ring (bicyclic) bond motifs is 1. The van der Waals surface area contributed by atoms with Crippen LogP contribution in [0.4, 0.5) is 5.82 Å². The van der Waals surface area contributed by atoms with Crippen molar-refractivity contribution >= 4 is 27.4 Å². The van der Waals surface area contributed by atoms with Crippen molar-refractivity contribution in [3.05, 3.63) is 29.4 Å². The minimum absolute atomic E-state index is 0.0859. The van der Waals surface area contributed by atoms with E-state index in [9.17, 15) is 0 Å². The lowest BCUT2D eigenvalue weighted by molar-refractivity contribution is 0.0315. The van der Waals surface area contributed by atoms with E-state index in [0.717, 1.165) is 41.5 Å². The third-order valence-electron chi connectivity index (χ3n) is 4.15. The van der Waals surface area contributed by atoms with E-state index in [-0.39, 0.29) is 6.10 Å². The average molecular weight is 330 g/mol. The zero-order valence-corrected chi connectivity index (χ0v) is 14.0. The minimum Gasteiger partial charge on any atom is -0.366 e. The first-order valence-corrected chi connectivity index (χ1v) is 8.59. The second-order valence-corrected chi connectivity index (χ2v) is 6.45. The van der Waals surface area contributed by atoms with Crippen molar-refractivity contribution in [1.29, 1.82) is 0 Å². The number of ether oxygens (including phenoxy) is 1. The molecule has 1 atom stereocenters. The summed E-state index contributed by atoms with van der Waals surface area (Å²) in [6.07, 6.45) is 3.32. The van der Waals surface area contributed by atoms with Gasteiger partial charge >= 0.3 is 0 Å². The van der Waals surface area contributed by atoms with E-state index in [4.69, 9.17) is 4.74 Å². The van der Waals surface area contributed by atoms with Gasteiger partial charge in [-0.15, -0.1) is 21.5 Å². The van der Waals surface area contributed by atoms with E-state index in [1.165, 1.54) is 5.56 Å². The van der Waals surface area contributed by atoms with Crippen LogP contribution in [0.5, 0.6) is 0 Å². The Morgan fingerprint density at radius 2 is 2.30 bits per heavy atom. The molecule has 0 bridgehead atoms. The van der Waals surface area contributed by atoms with E-state index in [1.807, 2.05) is 4.57 Å². The van der Waals surface area contributed by atoms with Crippen LogP contribution in [0.3, 0.4) is 0 Å². The molecule has 0 spiro atoms. The molecule has 1 saturated heterocycles. The molecule has 7 nitrogen and oxygen atoms in total. The molecule has 0 amide bonds. The zero-order chi connectivity index (χ0) is 15.8. The Hall–Kier alpha value is -2.06.